The number of hydrogen-bond acceptors (Lipinski definition) is 2. The smallest absolute Gasteiger partial charge is 0.418 e. The van der Waals surface area contributed by atoms with Crippen molar-refractivity contribution in [2.75, 3.05) is 13.2 Å². The molecule has 0 saturated heterocycles. The van der Waals surface area contributed by atoms with Gasteiger partial charge in [-0.15, -0.1) is 0 Å². The van der Waals surface area contributed by atoms with Gasteiger partial charge in [-0.05, 0) is 0 Å². The first-order valence-corrected chi connectivity index (χ1v) is 12.2. The van der Waals surface area contributed by atoms with Crippen LogP contribution in [0.1, 0.15) is 5.56 Å². The normalized spacial score (nSPS) is 12.2. The molecule has 174 valence electrons. The number of halogens is 4. The second-order valence-corrected chi connectivity index (χ2v) is 9.22. The predicted molar refractivity (Wildman–Crippen MR) is 118 cm³/mol. The zero-order valence-corrected chi connectivity index (χ0v) is 19.5. The van der Waals surface area contributed by atoms with Crippen molar-refractivity contribution < 1.29 is 31.3 Å². The minimum atomic E-state index is -6.00. The maximum Gasteiger partial charge on any atom is 0.673 e. The Hall–Kier alpha value is -2.13. The molecule has 0 saturated carbocycles. The second-order valence-electron chi connectivity index (χ2n) is 6.93. The number of ether oxygens (including phenoxy) is 2. The van der Waals surface area contributed by atoms with E-state index in [9.17, 15) is 17.3 Å². The number of nitrogens with zero attached hydrogens (tertiary/aromatic N) is 2. The average molecular weight is 517 g/mol. The van der Waals surface area contributed by atoms with Crippen LogP contribution in [-0.4, -0.2) is 46.1 Å². The minimum Gasteiger partial charge on any atom is -0.418 e. The predicted octanol–water partition coefficient (Wildman–Crippen LogP) is 3.66. The number of aromatic nitrogens is 2. The molecule has 0 spiro atoms. The molecule has 0 bridgehead atoms. The summed E-state index contributed by atoms with van der Waals surface area (Å²) < 4.78 is 56.7. The largest absolute Gasteiger partial charge is 0.673 e. The molecule has 0 N–H and O–H groups in total. The van der Waals surface area contributed by atoms with Gasteiger partial charge in [0.1, 0.15) is 0 Å². The quantitative estimate of drug-likeness (QED) is 0.221. The Kier molecular flexibility index (Phi) is 11.5. The summed E-state index contributed by atoms with van der Waals surface area (Å²) in [5.41, 5.74) is 1.20. The Morgan fingerprint density at radius 3 is 2.22 bits per heavy atom. The van der Waals surface area contributed by atoms with E-state index in [1.165, 1.54) is 10.0 Å². The standard InChI is InChI=1S/C22H27N2O2Se.BF4/c1-23-12-13-24(19-23)14-15-26-21(18-27-22-10-6-3-7-11-22)17-25-16-20-8-4-2-5-9-20;2-1(3,4)5/h2-13,19,21H,14-18H2,1H3;/q+1;-1. The molecule has 32 heavy (non-hydrogen) atoms. The fraction of sp³-hybridized carbons (Fsp3) is 0.318. The van der Waals surface area contributed by atoms with Gasteiger partial charge < -0.3 is 17.3 Å². The fourth-order valence-corrected chi connectivity index (χ4v) is 4.62. The first-order valence-electron chi connectivity index (χ1n) is 10.1. The van der Waals surface area contributed by atoms with E-state index in [0.717, 1.165) is 11.9 Å². The van der Waals surface area contributed by atoms with Gasteiger partial charge in [-0.3, -0.25) is 0 Å². The van der Waals surface area contributed by atoms with Gasteiger partial charge in [0.2, 0.25) is 0 Å². The topological polar surface area (TPSA) is 27.3 Å². The van der Waals surface area contributed by atoms with Crippen LogP contribution in [0.25, 0.3) is 0 Å². The molecule has 1 atom stereocenters. The van der Waals surface area contributed by atoms with Crippen molar-refractivity contribution in [3.63, 3.8) is 0 Å². The van der Waals surface area contributed by atoms with Gasteiger partial charge in [-0.2, -0.15) is 0 Å². The first kappa shape index (κ1) is 26.1. The van der Waals surface area contributed by atoms with E-state index in [4.69, 9.17) is 9.47 Å². The van der Waals surface area contributed by atoms with E-state index in [-0.39, 0.29) is 6.10 Å². The number of rotatable bonds is 11. The maximum absolute atomic E-state index is 9.75. The zero-order chi connectivity index (χ0) is 23.2. The molecule has 0 amide bonds. The molecule has 1 aromatic heterocycles. The Morgan fingerprint density at radius 1 is 1.00 bits per heavy atom. The van der Waals surface area contributed by atoms with Crippen molar-refractivity contribution in [1.82, 2.24) is 4.57 Å². The molecule has 1 heterocycles. The molecule has 0 aliphatic rings. The average Bonchev–Trinajstić information content (AvgIpc) is 3.17. The number of imidazole rings is 1. The summed E-state index contributed by atoms with van der Waals surface area (Å²) in [5.74, 6) is 0. The Bertz CT molecular complexity index is 876. The Labute approximate surface area is 192 Å². The first-order chi connectivity index (χ1) is 15.3. The molecule has 0 fully saturated rings. The van der Waals surface area contributed by atoms with Crippen LogP contribution < -0.4 is 9.03 Å². The SMILES string of the molecule is C[n+]1ccn(CCOC(COCc2ccccc2)C[Se]c2ccccc2)c1.F[B-](F)(F)F. The van der Waals surface area contributed by atoms with Gasteiger partial charge in [-0.1, -0.05) is 0 Å². The number of hydrogen-bond donors (Lipinski definition) is 0. The van der Waals surface area contributed by atoms with Crippen LogP contribution in [0.5, 0.6) is 0 Å². The Balaban J connectivity index is 0.000000654. The van der Waals surface area contributed by atoms with Crippen LogP contribution in [-0.2, 0) is 29.7 Å². The molecule has 3 rings (SSSR count). The third-order valence-corrected chi connectivity index (χ3v) is 6.52. The van der Waals surface area contributed by atoms with E-state index in [0.29, 0.717) is 34.8 Å². The van der Waals surface area contributed by atoms with Crippen LogP contribution in [0.4, 0.5) is 17.3 Å². The minimum absolute atomic E-state index is 0.123. The van der Waals surface area contributed by atoms with E-state index in [2.05, 4.69) is 59.6 Å². The van der Waals surface area contributed by atoms with Crippen molar-refractivity contribution in [1.29, 1.82) is 0 Å². The monoisotopic (exact) mass is 518 g/mol. The summed E-state index contributed by atoms with van der Waals surface area (Å²) in [6.45, 7) is 2.81. The van der Waals surface area contributed by atoms with E-state index >= 15 is 0 Å². The summed E-state index contributed by atoms with van der Waals surface area (Å²) in [6, 6.07) is 21.0. The van der Waals surface area contributed by atoms with Gasteiger partial charge in [0.15, 0.2) is 0 Å². The molecular formula is C22H27BF4N2O2Se. The van der Waals surface area contributed by atoms with Crippen LogP contribution in [0, 0.1) is 0 Å². The molecule has 0 radical (unpaired) electrons. The van der Waals surface area contributed by atoms with Gasteiger partial charge in [-0.25, -0.2) is 0 Å². The van der Waals surface area contributed by atoms with Crippen LogP contribution >= 0.6 is 0 Å². The molecule has 4 nitrogen and oxygen atoms in total. The van der Waals surface area contributed by atoms with Gasteiger partial charge in [0, 0.05) is 0 Å². The van der Waals surface area contributed by atoms with Crippen molar-refractivity contribution in [3.05, 3.63) is 84.9 Å². The molecule has 2 aromatic carbocycles. The third-order valence-electron chi connectivity index (χ3n) is 4.12. The van der Waals surface area contributed by atoms with E-state index in [1.54, 1.807) is 0 Å². The van der Waals surface area contributed by atoms with Crippen LogP contribution in [0.2, 0.25) is 5.32 Å². The fourth-order valence-electron chi connectivity index (χ4n) is 2.69. The van der Waals surface area contributed by atoms with Gasteiger partial charge >= 0.3 is 175 Å². The summed E-state index contributed by atoms with van der Waals surface area (Å²) >= 11 is 0.391. The summed E-state index contributed by atoms with van der Waals surface area (Å²) in [6.07, 6.45) is 6.30. The Morgan fingerprint density at radius 2 is 1.62 bits per heavy atom. The molecule has 1 unspecified atom stereocenters. The van der Waals surface area contributed by atoms with Crippen molar-refractivity contribution in [2.24, 2.45) is 7.05 Å². The van der Waals surface area contributed by atoms with E-state index in [1.807, 2.05) is 36.0 Å². The molecule has 3 aromatic rings. The summed E-state index contributed by atoms with van der Waals surface area (Å²) in [5, 5.41) is 1.02. The molecule has 10 heteroatoms. The second kappa shape index (κ2) is 14.1. The van der Waals surface area contributed by atoms with Crippen molar-refractivity contribution in [2.45, 2.75) is 24.6 Å². The maximum atomic E-state index is 9.75. The molecular weight excluding hydrogens is 490 g/mol. The molecule has 0 aliphatic heterocycles. The number of benzene rings is 2. The van der Waals surface area contributed by atoms with Gasteiger partial charge in [0.25, 0.3) is 0 Å². The summed E-state index contributed by atoms with van der Waals surface area (Å²) in [7, 11) is -3.97. The van der Waals surface area contributed by atoms with Crippen LogP contribution in [0.3, 0.4) is 0 Å². The van der Waals surface area contributed by atoms with E-state index < -0.39 is 7.25 Å². The van der Waals surface area contributed by atoms with Crippen molar-refractivity contribution >= 4 is 26.7 Å². The molecule has 0 aliphatic carbocycles. The third kappa shape index (κ3) is 12.7. The zero-order valence-electron chi connectivity index (χ0n) is 17.8. The van der Waals surface area contributed by atoms with Gasteiger partial charge in [0.05, 0.1) is 0 Å². The van der Waals surface area contributed by atoms with Crippen molar-refractivity contribution in [3.8, 4) is 0 Å². The van der Waals surface area contributed by atoms with Crippen LogP contribution in [0.15, 0.2) is 79.4 Å². The summed E-state index contributed by atoms with van der Waals surface area (Å²) in [4.78, 5) is 0. The number of aryl methyl sites for hydroxylation is 1.